The van der Waals surface area contributed by atoms with E-state index < -0.39 is 5.97 Å². The third-order valence-electron chi connectivity index (χ3n) is 5.61. The number of aryl methyl sites for hydroxylation is 1. The fourth-order valence-corrected chi connectivity index (χ4v) is 3.68. The predicted molar refractivity (Wildman–Crippen MR) is 98.3 cm³/mol. The van der Waals surface area contributed by atoms with E-state index in [0.717, 1.165) is 0 Å². The number of nitrogens with zero attached hydrogens (tertiary/aromatic N) is 2. The second-order valence-electron chi connectivity index (χ2n) is 8.46. The summed E-state index contributed by atoms with van der Waals surface area (Å²) in [7, 11) is 0. The summed E-state index contributed by atoms with van der Waals surface area (Å²) in [5.41, 5.74) is 5.82. The average molecular weight is 338 g/mol. The molecule has 0 atom stereocenters. The van der Waals surface area contributed by atoms with Crippen LogP contribution >= 0.6 is 0 Å². The first-order valence-corrected chi connectivity index (χ1v) is 8.79. The summed E-state index contributed by atoms with van der Waals surface area (Å²) < 4.78 is 0. The lowest BCUT2D eigenvalue weighted by Crippen LogP contribution is -2.34. The molecule has 1 N–H and O–H groups in total. The van der Waals surface area contributed by atoms with Crippen molar-refractivity contribution in [1.29, 1.82) is 0 Å². The predicted octanol–water partition coefficient (Wildman–Crippen LogP) is 4.42. The number of carboxylic acids is 1. The smallest absolute Gasteiger partial charge is 0.338 e. The van der Waals surface area contributed by atoms with Crippen LogP contribution in [0, 0.1) is 6.92 Å². The Balaban J connectivity index is 1.99. The number of carbonyl (C=O) groups is 1. The van der Waals surface area contributed by atoms with Crippen LogP contribution < -0.4 is 0 Å². The Hall–Kier alpha value is -2.23. The summed E-state index contributed by atoms with van der Waals surface area (Å²) in [4.78, 5) is 19.4. The molecule has 2 aromatic rings. The molecule has 1 aromatic heterocycles. The van der Waals surface area contributed by atoms with Crippen molar-refractivity contribution in [2.45, 2.75) is 64.7 Å². The quantitative estimate of drug-likeness (QED) is 0.899. The third-order valence-corrected chi connectivity index (χ3v) is 5.61. The first kappa shape index (κ1) is 17.6. The fourth-order valence-electron chi connectivity index (χ4n) is 3.68. The topological polar surface area (TPSA) is 63.1 Å². The molecule has 0 amide bonds. The minimum atomic E-state index is -1.000. The molecule has 0 radical (unpaired) electrons. The molecule has 0 aliphatic heterocycles. The molecule has 132 valence electrons. The molecule has 0 fully saturated rings. The van der Waals surface area contributed by atoms with Crippen molar-refractivity contribution in [3.05, 3.63) is 58.2 Å². The minimum absolute atomic E-state index is 0.119. The minimum Gasteiger partial charge on any atom is -0.478 e. The second kappa shape index (κ2) is 5.94. The summed E-state index contributed by atoms with van der Waals surface area (Å²) in [6.07, 6.45) is 5.76. The maximum Gasteiger partial charge on any atom is 0.338 e. The standard InChI is InChI=1S/C21H26N2O2/c1-13-8-16-17(21(4,5)7-6-20(16,2)3)9-14(13)10-18-22-11-15(12-23-18)19(24)25/h8-9,11-12H,6-7,10H2,1-5H3,(H,24,25). The Morgan fingerprint density at radius 2 is 1.56 bits per heavy atom. The van der Waals surface area contributed by atoms with Crippen LogP contribution in [0.25, 0.3) is 0 Å². The Bertz CT molecular complexity index is 821. The lowest BCUT2D eigenvalue weighted by Gasteiger charge is -2.42. The van der Waals surface area contributed by atoms with Gasteiger partial charge in [-0.3, -0.25) is 0 Å². The van der Waals surface area contributed by atoms with Crippen LogP contribution in [-0.2, 0) is 17.3 Å². The van der Waals surface area contributed by atoms with Gasteiger partial charge in [0.2, 0.25) is 0 Å². The maximum absolute atomic E-state index is 10.9. The van der Waals surface area contributed by atoms with Crippen molar-refractivity contribution in [2.75, 3.05) is 0 Å². The van der Waals surface area contributed by atoms with Crippen molar-refractivity contribution in [3.63, 3.8) is 0 Å². The number of aromatic nitrogens is 2. The molecule has 3 rings (SSSR count). The van der Waals surface area contributed by atoms with Gasteiger partial charge in [0, 0.05) is 18.8 Å². The van der Waals surface area contributed by atoms with E-state index >= 15 is 0 Å². The second-order valence-corrected chi connectivity index (χ2v) is 8.46. The number of benzene rings is 1. The van der Waals surface area contributed by atoms with Gasteiger partial charge in [-0.05, 0) is 52.8 Å². The van der Waals surface area contributed by atoms with Crippen molar-refractivity contribution in [2.24, 2.45) is 0 Å². The Labute approximate surface area is 149 Å². The summed E-state index contributed by atoms with van der Waals surface area (Å²) in [6, 6.07) is 4.65. The SMILES string of the molecule is Cc1cc2c(cc1Cc1ncc(C(=O)O)cn1)C(C)(C)CCC2(C)C. The van der Waals surface area contributed by atoms with Crippen LogP contribution in [0.3, 0.4) is 0 Å². The van der Waals surface area contributed by atoms with E-state index in [2.05, 4.69) is 56.7 Å². The van der Waals surface area contributed by atoms with Crippen LogP contribution in [-0.4, -0.2) is 21.0 Å². The molecular formula is C21H26N2O2. The number of hydrogen-bond donors (Lipinski definition) is 1. The molecule has 1 aliphatic rings. The highest BCUT2D eigenvalue weighted by Gasteiger charge is 2.37. The Morgan fingerprint density at radius 3 is 2.08 bits per heavy atom. The molecule has 1 heterocycles. The largest absolute Gasteiger partial charge is 0.478 e. The van der Waals surface area contributed by atoms with Gasteiger partial charge in [0.15, 0.2) is 0 Å². The molecule has 1 aromatic carbocycles. The van der Waals surface area contributed by atoms with Gasteiger partial charge >= 0.3 is 5.97 Å². The van der Waals surface area contributed by atoms with Crippen LogP contribution in [0.5, 0.6) is 0 Å². The van der Waals surface area contributed by atoms with Crippen molar-refractivity contribution in [3.8, 4) is 0 Å². The van der Waals surface area contributed by atoms with Gasteiger partial charge in [-0.2, -0.15) is 0 Å². The normalized spacial score (nSPS) is 17.8. The van der Waals surface area contributed by atoms with Crippen molar-refractivity contribution < 1.29 is 9.90 Å². The fraction of sp³-hybridized carbons (Fsp3) is 0.476. The van der Waals surface area contributed by atoms with E-state index in [9.17, 15) is 4.79 Å². The molecule has 0 unspecified atom stereocenters. The van der Waals surface area contributed by atoms with E-state index in [0.29, 0.717) is 12.2 Å². The van der Waals surface area contributed by atoms with Gasteiger partial charge in [-0.25, -0.2) is 14.8 Å². The molecule has 0 spiro atoms. The zero-order valence-electron chi connectivity index (χ0n) is 15.7. The first-order chi connectivity index (χ1) is 11.6. The monoisotopic (exact) mass is 338 g/mol. The molecule has 4 heteroatoms. The van der Waals surface area contributed by atoms with Crippen molar-refractivity contribution in [1.82, 2.24) is 9.97 Å². The Kier molecular flexibility index (Phi) is 4.18. The lowest BCUT2D eigenvalue weighted by molar-refractivity contribution is 0.0696. The zero-order chi connectivity index (χ0) is 18.4. The van der Waals surface area contributed by atoms with Crippen LogP contribution in [0.4, 0.5) is 0 Å². The van der Waals surface area contributed by atoms with Gasteiger partial charge in [-0.15, -0.1) is 0 Å². The van der Waals surface area contributed by atoms with Gasteiger partial charge in [-0.1, -0.05) is 39.8 Å². The van der Waals surface area contributed by atoms with Gasteiger partial charge < -0.3 is 5.11 Å². The number of hydrogen-bond acceptors (Lipinski definition) is 3. The molecule has 0 bridgehead atoms. The number of fused-ring (bicyclic) bond motifs is 1. The third kappa shape index (κ3) is 3.30. The average Bonchev–Trinajstić information content (AvgIpc) is 2.54. The summed E-state index contributed by atoms with van der Waals surface area (Å²) in [5.74, 6) is -0.346. The molecule has 1 aliphatic carbocycles. The van der Waals surface area contributed by atoms with E-state index in [4.69, 9.17) is 5.11 Å². The summed E-state index contributed by atoms with van der Waals surface area (Å²) in [6.45, 7) is 11.4. The van der Waals surface area contributed by atoms with Crippen molar-refractivity contribution >= 4 is 5.97 Å². The van der Waals surface area contributed by atoms with Gasteiger partial charge in [0.25, 0.3) is 0 Å². The highest BCUT2D eigenvalue weighted by atomic mass is 16.4. The van der Waals surface area contributed by atoms with E-state index in [-0.39, 0.29) is 16.4 Å². The molecule has 25 heavy (non-hydrogen) atoms. The highest BCUT2D eigenvalue weighted by Crippen LogP contribution is 2.46. The van der Waals surface area contributed by atoms with Crippen LogP contribution in [0.2, 0.25) is 0 Å². The summed E-state index contributed by atoms with van der Waals surface area (Å²) >= 11 is 0. The van der Waals surface area contributed by atoms with E-state index in [1.54, 1.807) is 0 Å². The number of rotatable bonds is 3. The van der Waals surface area contributed by atoms with E-state index in [1.165, 1.54) is 47.5 Å². The number of carboxylic acid groups (broad SMARTS) is 1. The molecule has 4 nitrogen and oxygen atoms in total. The molecule has 0 saturated heterocycles. The highest BCUT2D eigenvalue weighted by molar-refractivity contribution is 5.86. The first-order valence-electron chi connectivity index (χ1n) is 8.79. The van der Waals surface area contributed by atoms with Gasteiger partial charge in [0.1, 0.15) is 5.82 Å². The lowest BCUT2D eigenvalue weighted by atomic mass is 9.62. The molecular weight excluding hydrogens is 312 g/mol. The molecule has 0 saturated carbocycles. The summed E-state index contributed by atoms with van der Waals surface area (Å²) in [5, 5.41) is 8.97. The number of aromatic carboxylic acids is 1. The van der Waals surface area contributed by atoms with E-state index in [1.807, 2.05) is 0 Å². The Morgan fingerprint density at radius 1 is 1.04 bits per heavy atom. The maximum atomic E-state index is 10.9. The van der Waals surface area contributed by atoms with Crippen LogP contribution in [0.1, 0.15) is 79.0 Å². The van der Waals surface area contributed by atoms with Gasteiger partial charge in [0.05, 0.1) is 5.56 Å². The van der Waals surface area contributed by atoms with Crippen LogP contribution in [0.15, 0.2) is 24.5 Å². The zero-order valence-corrected chi connectivity index (χ0v) is 15.7.